The minimum Gasteiger partial charge on any atom is -0.489 e. The monoisotopic (exact) mass is 656 g/mol. The SMILES string of the molecule is CC(OC(=O)OCC(C)(C)C(=O)OC(C)(C)C)n1nc(C#N)c(-c2cccc(OCc3cc(C(F)(F)F)ccc3C(F)(F)F)c2)n1. The fraction of sp³-hybridized carbons (Fsp3) is 0.433. The topological polar surface area (TPSA) is 126 Å². The van der Waals surface area contributed by atoms with Gasteiger partial charge in [-0.1, -0.05) is 12.1 Å². The molecular formula is C30H30F6N4O6. The Morgan fingerprint density at radius 3 is 2.22 bits per heavy atom. The van der Waals surface area contributed by atoms with E-state index in [1.165, 1.54) is 45.0 Å². The van der Waals surface area contributed by atoms with E-state index in [2.05, 4.69) is 10.2 Å². The largest absolute Gasteiger partial charge is 0.510 e. The lowest BCUT2D eigenvalue weighted by molar-refractivity contribution is -0.168. The molecule has 1 aromatic heterocycles. The highest BCUT2D eigenvalue weighted by atomic mass is 19.4. The van der Waals surface area contributed by atoms with Crippen molar-refractivity contribution in [2.75, 3.05) is 6.61 Å². The Labute approximate surface area is 259 Å². The second-order valence-electron chi connectivity index (χ2n) is 11.7. The van der Waals surface area contributed by atoms with Crippen molar-refractivity contribution in [3.8, 4) is 23.1 Å². The zero-order valence-electron chi connectivity index (χ0n) is 25.5. The molecule has 0 amide bonds. The number of rotatable bonds is 9. The average Bonchev–Trinajstić information content (AvgIpc) is 3.38. The number of halogens is 6. The van der Waals surface area contributed by atoms with Gasteiger partial charge < -0.3 is 18.9 Å². The van der Waals surface area contributed by atoms with Crippen LogP contribution in [-0.4, -0.2) is 39.3 Å². The van der Waals surface area contributed by atoms with Crippen molar-refractivity contribution < 1.29 is 54.9 Å². The molecule has 0 N–H and O–H groups in total. The molecule has 0 aliphatic rings. The predicted octanol–water partition coefficient (Wildman–Crippen LogP) is 7.47. The van der Waals surface area contributed by atoms with Gasteiger partial charge >= 0.3 is 24.5 Å². The molecule has 0 aliphatic carbocycles. The Balaban J connectivity index is 1.74. The summed E-state index contributed by atoms with van der Waals surface area (Å²) < 4.78 is 101. The fourth-order valence-electron chi connectivity index (χ4n) is 3.75. The third-order valence-corrected chi connectivity index (χ3v) is 6.07. The van der Waals surface area contributed by atoms with Gasteiger partial charge in [-0.2, -0.15) is 31.6 Å². The molecule has 0 saturated carbocycles. The van der Waals surface area contributed by atoms with Crippen LogP contribution in [0.15, 0.2) is 42.5 Å². The third-order valence-electron chi connectivity index (χ3n) is 6.07. The molecule has 3 aromatic rings. The molecule has 0 fully saturated rings. The fourth-order valence-corrected chi connectivity index (χ4v) is 3.75. The van der Waals surface area contributed by atoms with Crippen molar-refractivity contribution in [3.05, 3.63) is 64.8 Å². The molecule has 0 saturated heterocycles. The first kappa shape index (κ1) is 35.7. The molecule has 46 heavy (non-hydrogen) atoms. The van der Waals surface area contributed by atoms with E-state index in [4.69, 9.17) is 18.9 Å². The van der Waals surface area contributed by atoms with E-state index in [0.717, 1.165) is 4.80 Å². The molecule has 16 heteroatoms. The van der Waals surface area contributed by atoms with Crippen LogP contribution in [0.3, 0.4) is 0 Å². The number of carbonyl (C=O) groups is 2. The number of hydrogen-bond donors (Lipinski definition) is 0. The van der Waals surface area contributed by atoms with Gasteiger partial charge in [-0.15, -0.1) is 15.0 Å². The number of ether oxygens (including phenoxy) is 4. The maximum atomic E-state index is 13.5. The zero-order chi connectivity index (χ0) is 34.7. The standard InChI is InChI=1S/C30H30F6N4O6/c1-17(45-26(42)44-16-28(5,6)25(41)46-27(2,3)4)40-38-23(14-37)24(39-40)18-8-7-9-21(13-18)43-15-19-12-20(29(31,32)33)10-11-22(19)30(34,35)36/h7-13,17H,15-16H2,1-6H3. The molecule has 0 bridgehead atoms. The molecule has 1 unspecified atom stereocenters. The van der Waals surface area contributed by atoms with Crippen molar-refractivity contribution in [2.45, 2.75) is 72.3 Å². The van der Waals surface area contributed by atoms with Crippen LogP contribution in [0.5, 0.6) is 5.75 Å². The van der Waals surface area contributed by atoms with Crippen LogP contribution in [-0.2, 0) is 38.0 Å². The summed E-state index contributed by atoms with van der Waals surface area (Å²) in [6, 6.07) is 8.44. The maximum Gasteiger partial charge on any atom is 0.510 e. The number of nitrogens with zero attached hydrogens (tertiary/aromatic N) is 4. The normalized spacial score (nSPS) is 13.0. The summed E-state index contributed by atoms with van der Waals surface area (Å²) in [5.41, 5.74) is -5.25. The quantitative estimate of drug-likeness (QED) is 0.170. The van der Waals surface area contributed by atoms with Gasteiger partial charge in [-0.25, -0.2) is 4.79 Å². The third kappa shape index (κ3) is 9.35. The van der Waals surface area contributed by atoms with Crippen LogP contribution in [0.4, 0.5) is 31.1 Å². The van der Waals surface area contributed by atoms with E-state index >= 15 is 0 Å². The second-order valence-corrected chi connectivity index (χ2v) is 11.7. The van der Waals surface area contributed by atoms with E-state index in [1.54, 1.807) is 20.8 Å². The molecule has 1 atom stereocenters. The number of hydrogen-bond acceptors (Lipinski definition) is 9. The Hall–Kier alpha value is -4.81. The van der Waals surface area contributed by atoms with E-state index < -0.39 is 65.0 Å². The van der Waals surface area contributed by atoms with E-state index in [9.17, 15) is 41.2 Å². The summed E-state index contributed by atoms with van der Waals surface area (Å²) in [5, 5.41) is 17.8. The lowest BCUT2D eigenvalue weighted by Gasteiger charge is -2.28. The summed E-state index contributed by atoms with van der Waals surface area (Å²) in [6.45, 7) is 8.26. The van der Waals surface area contributed by atoms with Crippen molar-refractivity contribution in [1.82, 2.24) is 15.0 Å². The minimum absolute atomic E-state index is 0.0159. The average molecular weight is 657 g/mol. The zero-order valence-corrected chi connectivity index (χ0v) is 25.5. The molecule has 3 rings (SSSR count). The number of alkyl halides is 6. The van der Waals surface area contributed by atoms with E-state index in [-0.39, 0.29) is 29.3 Å². The number of carbonyl (C=O) groups excluding carboxylic acids is 2. The summed E-state index contributed by atoms with van der Waals surface area (Å²) in [4.78, 5) is 25.6. The first-order valence-electron chi connectivity index (χ1n) is 13.5. The molecule has 0 radical (unpaired) electrons. The molecule has 0 spiro atoms. The van der Waals surface area contributed by atoms with E-state index in [0.29, 0.717) is 18.2 Å². The van der Waals surface area contributed by atoms with Gasteiger partial charge in [0.15, 0.2) is 5.69 Å². The van der Waals surface area contributed by atoms with Gasteiger partial charge in [-0.3, -0.25) is 4.79 Å². The summed E-state index contributed by atoms with van der Waals surface area (Å²) >= 11 is 0. The van der Waals surface area contributed by atoms with Gasteiger partial charge in [0.1, 0.15) is 36.3 Å². The maximum absolute atomic E-state index is 13.5. The van der Waals surface area contributed by atoms with Gasteiger partial charge in [0.25, 0.3) is 0 Å². The molecular weight excluding hydrogens is 626 g/mol. The van der Waals surface area contributed by atoms with Gasteiger partial charge in [0, 0.05) is 11.1 Å². The molecule has 1 heterocycles. The van der Waals surface area contributed by atoms with Crippen LogP contribution >= 0.6 is 0 Å². The van der Waals surface area contributed by atoms with Gasteiger partial charge in [0.2, 0.25) is 6.23 Å². The molecule has 0 aliphatic heterocycles. The van der Waals surface area contributed by atoms with Crippen LogP contribution < -0.4 is 4.74 Å². The summed E-state index contributed by atoms with van der Waals surface area (Å²) in [6.07, 6.45) is -12.2. The number of esters is 1. The van der Waals surface area contributed by atoms with Crippen molar-refractivity contribution in [2.24, 2.45) is 5.41 Å². The van der Waals surface area contributed by atoms with Crippen LogP contribution in [0.2, 0.25) is 0 Å². The van der Waals surface area contributed by atoms with Gasteiger partial charge in [-0.05, 0) is 71.9 Å². The highest BCUT2D eigenvalue weighted by Gasteiger charge is 2.37. The Morgan fingerprint density at radius 1 is 0.957 bits per heavy atom. The molecule has 2 aromatic carbocycles. The Kier molecular flexibility index (Phi) is 10.3. The Morgan fingerprint density at radius 2 is 1.63 bits per heavy atom. The number of benzene rings is 2. The van der Waals surface area contributed by atoms with Gasteiger partial charge in [0.05, 0.1) is 16.5 Å². The second kappa shape index (κ2) is 13.3. The first-order chi connectivity index (χ1) is 21.1. The lowest BCUT2D eigenvalue weighted by Crippen LogP contribution is -2.37. The Bertz CT molecular complexity index is 1620. The van der Waals surface area contributed by atoms with Crippen LogP contribution in [0, 0.1) is 16.7 Å². The first-order valence-corrected chi connectivity index (χ1v) is 13.5. The smallest absolute Gasteiger partial charge is 0.489 e. The van der Waals surface area contributed by atoms with Crippen molar-refractivity contribution in [1.29, 1.82) is 5.26 Å². The lowest BCUT2D eigenvalue weighted by atomic mass is 9.95. The van der Waals surface area contributed by atoms with Crippen molar-refractivity contribution >= 4 is 12.1 Å². The predicted molar refractivity (Wildman–Crippen MR) is 148 cm³/mol. The number of aromatic nitrogens is 3. The molecule has 10 nitrogen and oxygen atoms in total. The van der Waals surface area contributed by atoms with Crippen LogP contribution in [0.25, 0.3) is 11.3 Å². The summed E-state index contributed by atoms with van der Waals surface area (Å²) in [5.74, 6) is -0.637. The highest BCUT2D eigenvalue weighted by Crippen LogP contribution is 2.37. The summed E-state index contributed by atoms with van der Waals surface area (Å²) in [7, 11) is 0. The van der Waals surface area contributed by atoms with E-state index in [1.807, 2.05) is 6.07 Å². The highest BCUT2D eigenvalue weighted by molar-refractivity contribution is 5.77. The number of nitriles is 1. The van der Waals surface area contributed by atoms with Crippen molar-refractivity contribution in [3.63, 3.8) is 0 Å². The minimum atomic E-state index is -4.93. The molecule has 248 valence electrons. The van der Waals surface area contributed by atoms with Crippen LogP contribution in [0.1, 0.15) is 70.2 Å².